The van der Waals surface area contributed by atoms with Crippen LogP contribution in [0.1, 0.15) is 29.9 Å². The number of hydrogen-bond acceptors (Lipinski definition) is 7. The number of likely N-dealkylation sites (N-methyl/N-ethyl adjacent to an activating group) is 1. The number of amides is 2. The second-order valence-electron chi connectivity index (χ2n) is 9.99. The monoisotopic (exact) mass is 594 g/mol. The number of carbonyl (C=O) groups is 2. The lowest BCUT2D eigenvalue weighted by Gasteiger charge is -2.24. The van der Waals surface area contributed by atoms with Crippen molar-refractivity contribution in [3.63, 3.8) is 0 Å². The van der Waals surface area contributed by atoms with Crippen molar-refractivity contribution in [1.82, 2.24) is 14.5 Å². The third-order valence-electron chi connectivity index (χ3n) is 6.42. The molecule has 218 valence electrons. The van der Waals surface area contributed by atoms with Gasteiger partial charge in [-0.3, -0.25) is 19.1 Å². The Balaban J connectivity index is 1.55. The topological polar surface area (TPSA) is 95.4 Å². The number of alkyl halides is 3. The van der Waals surface area contributed by atoms with Crippen LogP contribution in [0.3, 0.4) is 0 Å². The molecule has 2 aromatic carbocycles. The number of halogens is 4. The maximum atomic E-state index is 14.0. The van der Waals surface area contributed by atoms with Crippen LogP contribution < -0.4 is 14.4 Å². The van der Waals surface area contributed by atoms with E-state index in [1.807, 2.05) is 0 Å². The van der Waals surface area contributed by atoms with Crippen molar-refractivity contribution >= 4 is 29.2 Å². The van der Waals surface area contributed by atoms with E-state index in [0.717, 1.165) is 17.7 Å². The van der Waals surface area contributed by atoms with Crippen LogP contribution in [0.25, 0.3) is 0 Å². The molecule has 1 saturated heterocycles. The van der Waals surface area contributed by atoms with E-state index in [2.05, 4.69) is 9.72 Å². The largest absolute Gasteiger partial charge is 0.573 e. The maximum absolute atomic E-state index is 14.0. The van der Waals surface area contributed by atoms with Gasteiger partial charge in [-0.25, -0.2) is 0 Å². The Morgan fingerprint density at radius 3 is 2.49 bits per heavy atom. The minimum absolute atomic E-state index is 0.0266. The van der Waals surface area contributed by atoms with Gasteiger partial charge in [-0.2, -0.15) is 4.98 Å². The SMILES string of the molecule is CN1C(=O)CN(CC2COC(C)(C)O2)C(=O)c2c1nc(Oc1cccc(OC(F)(F)F)c1)n2Cc1ccc(Cl)cc1. The van der Waals surface area contributed by atoms with E-state index in [1.165, 1.54) is 33.5 Å². The summed E-state index contributed by atoms with van der Waals surface area (Å²) in [6.45, 7) is 3.69. The van der Waals surface area contributed by atoms with Gasteiger partial charge in [0.2, 0.25) is 5.91 Å². The van der Waals surface area contributed by atoms with E-state index in [0.29, 0.717) is 5.02 Å². The summed E-state index contributed by atoms with van der Waals surface area (Å²) >= 11 is 6.05. The quantitative estimate of drug-likeness (QED) is 0.386. The molecule has 3 heterocycles. The van der Waals surface area contributed by atoms with Gasteiger partial charge in [0.05, 0.1) is 19.7 Å². The Morgan fingerprint density at radius 1 is 1.12 bits per heavy atom. The van der Waals surface area contributed by atoms with Crippen LogP contribution in [0, 0.1) is 0 Å². The predicted octanol–water partition coefficient (Wildman–Crippen LogP) is 4.85. The first-order valence-electron chi connectivity index (χ1n) is 12.5. The third-order valence-corrected chi connectivity index (χ3v) is 6.67. The van der Waals surface area contributed by atoms with Gasteiger partial charge >= 0.3 is 12.4 Å². The zero-order chi connectivity index (χ0) is 29.5. The molecule has 1 unspecified atom stereocenters. The van der Waals surface area contributed by atoms with Crippen LogP contribution in [0.5, 0.6) is 17.5 Å². The lowest BCUT2D eigenvalue weighted by atomic mass is 10.2. The van der Waals surface area contributed by atoms with Gasteiger partial charge in [-0.15, -0.1) is 13.2 Å². The summed E-state index contributed by atoms with van der Waals surface area (Å²) < 4.78 is 61.2. The number of anilines is 1. The Hall–Kier alpha value is -3.81. The number of fused-ring (bicyclic) bond motifs is 1. The molecule has 0 saturated carbocycles. The van der Waals surface area contributed by atoms with Gasteiger partial charge in [0.1, 0.15) is 24.1 Å². The Labute approximate surface area is 238 Å². The van der Waals surface area contributed by atoms with Crippen molar-refractivity contribution in [3.05, 3.63) is 64.8 Å². The lowest BCUT2D eigenvalue weighted by molar-refractivity contribution is -0.274. The normalized spacial score (nSPS) is 18.9. The van der Waals surface area contributed by atoms with Crippen LogP contribution in [-0.4, -0.2) is 71.3 Å². The van der Waals surface area contributed by atoms with Crippen molar-refractivity contribution < 1.29 is 41.7 Å². The van der Waals surface area contributed by atoms with Crippen molar-refractivity contribution in [2.75, 3.05) is 31.6 Å². The molecule has 0 radical (unpaired) electrons. The molecule has 2 aliphatic heterocycles. The summed E-state index contributed by atoms with van der Waals surface area (Å²) in [4.78, 5) is 34.2. The molecule has 1 aromatic heterocycles. The van der Waals surface area contributed by atoms with E-state index < -0.39 is 35.8 Å². The zero-order valence-electron chi connectivity index (χ0n) is 22.3. The van der Waals surface area contributed by atoms with Crippen LogP contribution in [0.2, 0.25) is 5.02 Å². The minimum Gasteiger partial charge on any atom is -0.425 e. The fourth-order valence-corrected chi connectivity index (χ4v) is 4.68. The number of hydrogen-bond donors (Lipinski definition) is 0. The molecule has 1 fully saturated rings. The van der Waals surface area contributed by atoms with Crippen LogP contribution in [0.15, 0.2) is 48.5 Å². The molecule has 0 bridgehead atoms. The Bertz CT molecular complexity index is 1460. The minimum atomic E-state index is -4.90. The summed E-state index contributed by atoms with van der Waals surface area (Å²) in [5.41, 5.74) is 0.782. The van der Waals surface area contributed by atoms with E-state index in [9.17, 15) is 22.8 Å². The van der Waals surface area contributed by atoms with Gasteiger partial charge in [-0.1, -0.05) is 29.8 Å². The van der Waals surface area contributed by atoms with Gasteiger partial charge in [0, 0.05) is 18.1 Å². The van der Waals surface area contributed by atoms with E-state index in [4.69, 9.17) is 25.8 Å². The van der Waals surface area contributed by atoms with Crippen LogP contribution >= 0.6 is 11.6 Å². The summed E-state index contributed by atoms with van der Waals surface area (Å²) in [5, 5.41) is 0.505. The molecule has 1 atom stereocenters. The average Bonchev–Trinajstić information content (AvgIpc) is 3.39. The second-order valence-corrected chi connectivity index (χ2v) is 10.4. The molecular weight excluding hydrogens is 569 g/mol. The Kier molecular flexibility index (Phi) is 7.62. The van der Waals surface area contributed by atoms with Crippen LogP contribution in [0.4, 0.5) is 19.0 Å². The first-order chi connectivity index (χ1) is 19.3. The number of benzene rings is 2. The summed E-state index contributed by atoms with van der Waals surface area (Å²) in [6, 6.07) is 11.6. The number of rotatable bonds is 7. The molecule has 5 rings (SSSR count). The van der Waals surface area contributed by atoms with Crippen molar-refractivity contribution in [3.8, 4) is 17.5 Å². The molecule has 0 spiro atoms. The standard InChI is InChI=1S/C27H26ClF3N4O6/c1-26(2)38-15-20(40-26)13-34-14-21(36)33(3)23-22(24(34)37)35(12-16-7-9-17(28)10-8-16)25(32-23)39-18-5-4-6-19(11-18)41-27(29,30)31/h4-11,20H,12-15H2,1-3H3. The van der Waals surface area contributed by atoms with E-state index >= 15 is 0 Å². The van der Waals surface area contributed by atoms with Gasteiger partial charge < -0.3 is 23.8 Å². The van der Waals surface area contributed by atoms with Crippen molar-refractivity contribution in [2.24, 2.45) is 0 Å². The first-order valence-corrected chi connectivity index (χ1v) is 12.9. The molecule has 3 aromatic rings. The van der Waals surface area contributed by atoms with Crippen LogP contribution in [-0.2, 0) is 20.8 Å². The smallest absolute Gasteiger partial charge is 0.425 e. The molecule has 2 aliphatic rings. The van der Waals surface area contributed by atoms with Gasteiger partial charge in [0.25, 0.3) is 5.91 Å². The maximum Gasteiger partial charge on any atom is 0.573 e. The highest BCUT2D eigenvalue weighted by Gasteiger charge is 2.40. The highest BCUT2D eigenvalue weighted by atomic mass is 35.5. The number of imidazole rings is 1. The molecule has 0 aliphatic carbocycles. The van der Waals surface area contributed by atoms with Crippen molar-refractivity contribution in [1.29, 1.82) is 0 Å². The van der Waals surface area contributed by atoms with E-state index in [-0.39, 0.29) is 49.5 Å². The molecule has 0 N–H and O–H groups in total. The lowest BCUT2D eigenvalue weighted by Crippen LogP contribution is -2.43. The number of carbonyl (C=O) groups excluding carboxylic acids is 2. The summed E-state index contributed by atoms with van der Waals surface area (Å²) in [6.07, 6.45) is -5.36. The Morgan fingerprint density at radius 2 is 1.83 bits per heavy atom. The number of aromatic nitrogens is 2. The highest BCUT2D eigenvalue weighted by molar-refractivity contribution is 6.30. The van der Waals surface area contributed by atoms with Gasteiger partial charge in [-0.05, 0) is 43.7 Å². The molecule has 41 heavy (non-hydrogen) atoms. The first kappa shape index (κ1) is 28.7. The van der Waals surface area contributed by atoms with E-state index in [1.54, 1.807) is 38.1 Å². The third kappa shape index (κ3) is 6.58. The molecular formula is C27H26ClF3N4O6. The molecule has 14 heteroatoms. The predicted molar refractivity (Wildman–Crippen MR) is 140 cm³/mol. The fraction of sp³-hybridized carbons (Fsp3) is 0.370. The number of nitrogens with zero attached hydrogens (tertiary/aromatic N) is 4. The number of ether oxygens (including phenoxy) is 4. The highest BCUT2D eigenvalue weighted by Crippen LogP contribution is 2.35. The second kappa shape index (κ2) is 10.9. The fourth-order valence-electron chi connectivity index (χ4n) is 4.56. The summed E-state index contributed by atoms with van der Waals surface area (Å²) in [5.74, 6) is -2.22. The van der Waals surface area contributed by atoms with Gasteiger partial charge in [0.15, 0.2) is 17.3 Å². The zero-order valence-corrected chi connectivity index (χ0v) is 23.0. The molecule has 10 nitrogen and oxygen atoms in total. The summed E-state index contributed by atoms with van der Waals surface area (Å²) in [7, 11) is 1.48. The van der Waals surface area contributed by atoms with Crippen molar-refractivity contribution in [2.45, 2.75) is 38.6 Å². The average molecular weight is 595 g/mol. The molecule has 2 amide bonds.